The Morgan fingerprint density at radius 2 is 2.07 bits per heavy atom. The van der Waals surface area contributed by atoms with Gasteiger partial charge in [0.05, 0.1) is 16.5 Å². The van der Waals surface area contributed by atoms with Crippen LogP contribution in [0.1, 0.15) is 39.0 Å². The number of rotatable bonds is 4. The fraction of sp³-hybridized carbons (Fsp3) is 0.591. The van der Waals surface area contributed by atoms with Crippen LogP contribution in [0.4, 0.5) is 0 Å². The molecule has 152 valence electrons. The number of piperidine rings is 1. The van der Waals surface area contributed by atoms with E-state index in [0.717, 1.165) is 17.6 Å². The Hall–Kier alpha value is -1.37. The van der Waals surface area contributed by atoms with E-state index in [1.54, 1.807) is 0 Å². The van der Waals surface area contributed by atoms with Crippen molar-refractivity contribution in [3.63, 3.8) is 0 Å². The van der Waals surface area contributed by atoms with Crippen molar-refractivity contribution in [3.8, 4) is 5.75 Å². The molecule has 2 fully saturated rings. The molecule has 5 atom stereocenters. The van der Waals surface area contributed by atoms with Crippen LogP contribution in [-0.4, -0.2) is 47.1 Å². The highest BCUT2D eigenvalue weighted by Gasteiger charge is 2.47. The van der Waals surface area contributed by atoms with Gasteiger partial charge in [-0.05, 0) is 67.2 Å². The molecule has 1 aliphatic carbocycles. The number of nitrogens with zero attached hydrogens (tertiary/aromatic N) is 1. The molecule has 3 aliphatic rings. The van der Waals surface area contributed by atoms with E-state index in [1.165, 1.54) is 25.5 Å². The quantitative estimate of drug-likeness (QED) is 0.754. The number of aliphatic hydroxyl groups excluding tert-OH is 1. The van der Waals surface area contributed by atoms with Crippen molar-refractivity contribution >= 4 is 21.7 Å². The molecule has 5 unspecified atom stereocenters. The Bertz CT molecular complexity index is 752. The third kappa shape index (κ3) is 4.00. The fourth-order valence-corrected chi connectivity index (χ4v) is 5.11. The van der Waals surface area contributed by atoms with Gasteiger partial charge in [-0.1, -0.05) is 18.6 Å². The number of ketones is 1. The van der Waals surface area contributed by atoms with Crippen LogP contribution in [-0.2, 0) is 9.53 Å². The van der Waals surface area contributed by atoms with Crippen molar-refractivity contribution in [2.75, 3.05) is 13.1 Å². The molecular formula is C22H28BrNO4. The number of benzene rings is 1. The van der Waals surface area contributed by atoms with Gasteiger partial charge in [-0.3, -0.25) is 4.79 Å². The summed E-state index contributed by atoms with van der Waals surface area (Å²) in [6.45, 7) is 4.09. The Kier molecular flexibility index (Phi) is 6.09. The molecule has 6 heteroatoms. The SMILES string of the molecule is CC1CCCCN1CC1C(O)CCC2C(=O)C(Oc3ccccc3Br)=COC21. The summed E-state index contributed by atoms with van der Waals surface area (Å²) in [6, 6.07) is 7.97. The number of carbonyl (C=O) groups excluding carboxylic acids is 1. The smallest absolute Gasteiger partial charge is 0.208 e. The minimum Gasteiger partial charge on any atom is -0.493 e. The number of carbonyl (C=O) groups is 1. The molecule has 0 aromatic heterocycles. The average molecular weight is 450 g/mol. The lowest BCUT2D eigenvalue weighted by atomic mass is 9.73. The second kappa shape index (κ2) is 8.56. The van der Waals surface area contributed by atoms with Crippen molar-refractivity contribution in [3.05, 3.63) is 40.8 Å². The lowest BCUT2D eigenvalue weighted by Crippen LogP contribution is -2.54. The zero-order chi connectivity index (χ0) is 19.7. The topological polar surface area (TPSA) is 59.0 Å². The van der Waals surface area contributed by atoms with E-state index < -0.39 is 6.10 Å². The third-order valence-electron chi connectivity index (χ3n) is 6.44. The van der Waals surface area contributed by atoms with E-state index in [0.29, 0.717) is 24.6 Å². The van der Waals surface area contributed by atoms with Gasteiger partial charge in [-0.2, -0.15) is 0 Å². The molecule has 2 aliphatic heterocycles. The first-order chi connectivity index (χ1) is 13.5. The number of aliphatic hydroxyl groups is 1. The first kappa shape index (κ1) is 19.9. The van der Waals surface area contributed by atoms with Crippen LogP contribution < -0.4 is 4.74 Å². The predicted octanol–water partition coefficient (Wildman–Crippen LogP) is 3.90. The van der Waals surface area contributed by atoms with E-state index in [4.69, 9.17) is 9.47 Å². The second-order valence-corrected chi connectivity index (χ2v) is 9.09. The normalized spacial score (nSPS) is 33.6. The summed E-state index contributed by atoms with van der Waals surface area (Å²) in [7, 11) is 0. The standard InChI is InChI=1S/C22H28BrNO4/c1-14-6-4-5-11-24(14)12-16-18(25)10-9-15-21(26)20(13-27-22(15)16)28-19-8-3-2-7-17(19)23/h2-3,7-8,13-16,18,22,25H,4-6,9-12H2,1H3. The first-order valence-corrected chi connectivity index (χ1v) is 11.1. The summed E-state index contributed by atoms with van der Waals surface area (Å²) in [5, 5.41) is 10.7. The number of halogens is 1. The van der Waals surface area contributed by atoms with Crippen LogP contribution in [0.5, 0.6) is 5.75 Å². The summed E-state index contributed by atoms with van der Waals surface area (Å²) in [6.07, 6.45) is 5.67. The van der Waals surface area contributed by atoms with Crippen LogP contribution in [0.3, 0.4) is 0 Å². The highest BCUT2D eigenvalue weighted by Crippen LogP contribution is 2.39. The lowest BCUT2D eigenvalue weighted by molar-refractivity contribution is -0.140. The number of ether oxygens (including phenoxy) is 2. The Labute approximate surface area is 174 Å². The van der Waals surface area contributed by atoms with E-state index in [2.05, 4.69) is 27.8 Å². The van der Waals surface area contributed by atoms with Crippen LogP contribution in [0.25, 0.3) is 0 Å². The number of Topliss-reactive ketones (excluding diaryl/α,β-unsaturated/α-hetero) is 1. The molecular weight excluding hydrogens is 422 g/mol. The van der Waals surface area contributed by atoms with Crippen molar-refractivity contribution in [2.45, 2.75) is 57.3 Å². The Balaban J connectivity index is 1.50. The summed E-state index contributed by atoms with van der Waals surface area (Å²) >= 11 is 3.45. The number of likely N-dealkylation sites (tertiary alicyclic amines) is 1. The monoisotopic (exact) mass is 449 g/mol. The zero-order valence-electron chi connectivity index (χ0n) is 16.2. The number of hydrogen-bond acceptors (Lipinski definition) is 5. The minimum absolute atomic E-state index is 0.0180. The second-order valence-electron chi connectivity index (χ2n) is 8.23. The van der Waals surface area contributed by atoms with Gasteiger partial charge in [0.2, 0.25) is 11.5 Å². The molecule has 1 aromatic rings. The van der Waals surface area contributed by atoms with Crippen molar-refractivity contribution < 1.29 is 19.4 Å². The van der Waals surface area contributed by atoms with Crippen LogP contribution in [0.15, 0.2) is 40.8 Å². The molecule has 0 spiro atoms. The molecule has 1 saturated carbocycles. The van der Waals surface area contributed by atoms with Gasteiger partial charge in [0.1, 0.15) is 18.1 Å². The molecule has 28 heavy (non-hydrogen) atoms. The third-order valence-corrected chi connectivity index (χ3v) is 7.10. The van der Waals surface area contributed by atoms with Crippen molar-refractivity contribution in [1.82, 2.24) is 4.90 Å². The minimum atomic E-state index is -0.428. The number of para-hydroxylation sites is 1. The van der Waals surface area contributed by atoms with Crippen LogP contribution in [0.2, 0.25) is 0 Å². The van der Waals surface area contributed by atoms with Crippen molar-refractivity contribution in [1.29, 1.82) is 0 Å². The predicted molar refractivity (Wildman–Crippen MR) is 110 cm³/mol. The van der Waals surface area contributed by atoms with E-state index >= 15 is 0 Å². The van der Waals surface area contributed by atoms with Gasteiger partial charge in [0.25, 0.3) is 0 Å². The summed E-state index contributed by atoms with van der Waals surface area (Å²) < 4.78 is 12.7. The number of allylic oxidation sites excluding steroid dienone is 1. The van der Waals surface area contributed by atoms with Gasteiger partial charge in [-0.15, -0.1) is 0 Å². The number of hydrogen-bond donors (Lipinski definition) is 1. The Morgan fingerprint density at radius 3 is 2.86 bits per heavy atom. The van der Waals surface area contributed by atoms with Gasteiger partial charge < -0.3 is 19.5 Å². The maximum absolute atomic E-state index is 13.1. The van der Waals surface area contributed by atoms with E-state index in [1.807, 2.05) is 24.3 Å². The van der Waals surface area contributed by atoms with Gasteiger partial charge >= 0.3 is 0 Å². The van der Waals surface area contributed by atoms with E-state index in [-0.39, 0.29) is 29.5 Å². The maximum atomic E-state index is 13.1. The highest BCUT2D eigenvalue weighted by molar-refractivity contribution is 9.10. The molecule has 4 rings (SSSR count). The average Bonchev–Trinajstić information content (AvgIpc) is 2.69. The number of fused-ring (bicyclic) bond motifs is 1. The molecule has 1 N–H and O–H groups in total. The zero-order valence-corrected chi connectivity index (χ0v) is 17.8. The first-order valence-electron chi connectivity index (χ1n) is 10.3. The summed E-state index contributed by atoms with van der Waals surface area (Å²) in [5.41, 5.74) is 0. The summed E-state index contributed by atoms with van der Waals surface area (Å²) in [5.74, 6) is 0.518. The molecule has 1 aromatic carbocycles. The van der Waals surface area contributed by atoms with Gasteiger partial charge in [0, 0.05) is 18.5 Å². The summed E-state index contributed by atoms with van der Waals surface area (Å²) in [4.78, 5) is 15.5. The molecule has 2 heterocycles. The highest BCUT2D eigenvalue weighted by atomic mass is 79.9. The maximum Gasteiger partial charge on any atom is 0.208 e. The van der Waals surface area contributed by atoms with Gasteiger partial charge in [0.15, 0.2) is 0 Å². The van der Waals surface area contributed by atoms with Crippen molar-refractivity contribution in [2.24, 2.45) is 11.8 Å². The Morgan fingerprint density at radius 1 is 1.25 bits per heavy atom. The molecule has 1 saturated heterocycles. The van der Waals surface area contributed by atoms with Crippen LogP contribution in [0, 0.1) is 11.8 Å². The molecule has 5 nitrogen and oxygen atoms in total. The largest absolute Gasteiger partial charge is 0.493 e. The van der Waals surface area contributed by atoms with E-state index in [9.17, 15) is 9.90 Å². The lowest BCUT2D eigenvalue weighted by Gasteiger charge is -2.45. The molecule has 0 bridgehead atoms. The van der Waals surface area contributed by atoms with Crippen LogP contribution >= 0.6 is 15.9 Å². The van der Waals surface area contributed by atoms with Gasteiger partial charge in [-0.25, -0.2) is 0 Å². The molecule has 0 radical (unpaired) electrons. The molecule has 0 amide bonds. The fourth-order valence-electron chi connectivity index (χ4n) is 4.75.